The Morgan fingerprint density at radius 1 is 1.00 bits per heavy atom. The lowest BCUT2D eigenvalue weighted by Crippen LogP contribution is -2.14. The van der Waals surface area contributed by atoms with Crippen molar-refractivity contribution < 1.29 is 19.2 Å². The van der Waals surface area contributed by atoms with Crippen LogP contribution in [0.1, 0.15) is 20.7 Å². The van der Waals surface area contributed by atoms with Crippen LogP contribution in [-0.2, 0) is 0 Å². The van der Waals surface area contributed by atoms with Crippen molar-refractivity contribution in [3.63, 3.8) is 0 Å². The third kappa shape index (κ3) is 3.26. The van der Waals surface area contributed by atoms with E-state index < -0.39 is 10.8 Å². The molecule has 8 heteroatoms. The summed E-state index contributed by atoms with van der Waals surface area (Å²) in [6.07, 6.45) is 0. The van der Waals surface area contributed by atoms with E-state index in [0.29, 0.717) is 22.9 Å². The van der Waals surface area contributed by atoms with Gasteiger partial charge in [-0.1, -0.05) is 18.2 Å². The van der Waals surface area contributed by atoms with Gasteiger partial charge in [0.1, 0.15) is 5.75 Å². The van der Waals surface area contributed by atoms with Gasteiger partial charge in [-0.3, -0.25) is 19.7 Å². The Morgan fingerprint density at radius 2 is 1.82 bits per heavy atom. The lowest BCUT2D eigenvalue weighted by Gasteiger charge is -2.10. The molecule has 1 aliphatic heterocycles. The van der Waals surface area contributed by atoms with Crippen molar-refractivity contribution in [3.05, 3.63) is 88.0 Å². The molecule has 3 aromatic rings. The minimum Gasteiger partial charge on any atom is -0.454 e. The van der Waals surface area contributed by atoms with Crippen molar-refractivity contribution in [1.29, 1.82) is 0 Å². The average Bonchev–Trinajstić information content (AvgIpc) is 2.84. The number of para-hydroxylation sites is 2. The molecule has 0 saturated carbocycles. The number of benzene rings is 3. The van der Waals surface area contributed by atoms with Gasteiger partial charge in [0, 0.05) is 23.4 Å². The summed E-state index contributed by atoms with van der Waals surface area (Å²) in [5.41, 5.74) is 1.12. The lowest BCUT2D eigenvalue weighted by molar-refractivity contribution is -0.384. The predicted octanol–water partition coefficient (Wildman–Crippen LogP) is 4.21. The van der Waals surface area contributed by atoms with Gasteiger partial charge in [0.05, 0.1) is 16.2 Å². The molecule has 0 saturated heterocycles. The second-order valence-corrected chi connectivity index (χ2v) is 6.02. The molecule has 0 aliphatic carbocycles. The average molecular weight is 375 g/mol. The van der Waals surface area contributed by atoms with Crippen LogP contribution in [0.4, 0.5) is 17.1 Å². The summed E-state index contributed by atoms with van der Waals surface area (Å²) in [5.74, 6) is -0.0212. The van der Waals surface area contributed by atoms with Gasteiger partial charge >= 0.3 is 0 Å². The van der Waals surface area contributed by atoms with E-state index in [4.69, 9.17) is 4.74 Å². The van der Waals surface area contributed by atoms with Crippen LogP contribution in [-0.4, -0.2) is 16.7 Å². The number of rotatable bonds is 3. The molecule has 4 rings (SSSR count). The van der Waals surface area contributed by atoms with Gasteiger partial charge in [0.2, 0.25) is 0 Å². The Labute approximate surface area is 158 Å². The molecule has 3 aromatic carbocycles. The van der Waals surface area contributed by atoms with Crippen molar-refractivity contribution in [1.82, 2.24) is 0 Å². The van der Waals surface area contributed by atoms with Gasteiger partial charge in [0.25, 0.3) is 17.5 Å². The van der Waals surface area contributed by atoms with Crippen LogP contribution in [0.15, 0.2) is 66.7 Å². The molecular weight excluding hydrogens is 362 g/mol. The summed E-state index contributed by atoms with van der Waals surface area (Å²) in [5, 5.41) is 16.3. The molecule has 0 bridgehead atoms. The normalized spacial score (nSPS) is 11.9. The zero-order valence-corrected chi connectivity index (χ0v) is 14.3. The highest BCUT2D eigenvalue weighted by Crippen LogP contribution is 2.36. The monoisotopic (exact) mass is 375 g/mol. The van der Waals surface area contributed by atoms with Gasteiger partial charge in [-0.25, -0.2) is 0 Å². The van der Waals surface area contributed by atoms with Crippen LogP contribution < -0.4 is 15.4 Å². The Balaban J connectivity index is 1.61. The second kappa shape index (κ2) is 6.84. The van der Waals surface area contributed by atoms with E-state index >= 15 is 0 Å². The fourth-order valence-electron chi connectivity index (χ4n) is 2.81. The van der Waals surface area contributed by atoms with E-state index in [1.807, 2.05) is 0 Å². The first-order valence-electron chi connectivity index (χ1n) is 8.29. The molecule has 28 heavy (non-hydrogen) atoms. The number of hydrogen-bond acceptors (Lipinski definition) is 5. The number of nitrogens with one attached hydrogen (secondary N) is 2. The molecule has 2 N–H and O–H groups in total. The van der Waals surface area contributed by atoms with E-state index in [-0.39, 0.29) is 22.7 Å². The zero-order valence-electron chi connectivity index (χ0n) is 14.3. The number of carbonyl (C=O) groups is 2. The highest BCUT2D eigenvalue weighted by molar-refractivity contribution is 6.10. The van der Waals surface area contributed by atoms with Gasteiger partial charge < -0.3 is 15.4 Å². The maximum atomic E-state index is 12.5. The third-order valence-corrected chi connectivity index (χ3v) is 4.16. The molecular formula is C20H13N3O5. The van der Waals surface area contributed by atoms with Crippen molar-refractivity contribution in [2.75, 3.05) is 10.6 Å². The number of fused-ring (bicyclic) bond motifs is 2. The molecule has 1 heterocycles. The minimum atomic E-state index is -0.571. The van der Waals surface area contributed by atoms with Crippen LogP contribution in [0.3, 0.4) is 0 Å². The molecule has 0 atom stereocenters. The number of nitrogens with zero attached hydrogens (tertiary/aromatic N) is 1. The van der Waals surface area contributed by atoms with Crippen molar-refractivity contribution in [3.8, 4) is 11.5 Å². The van der Waals surface area contributed by atoms with Crippen LogP contribution >= 0.6 is 0 Å². The molecule has 138 valence electrons. The summed E-state index contributed by atoms with van der Waals surface area (Å²) >= 11 is 0. The quantitative estimate of drug-likeness (QED) is 0.526. The van der Waals surface area contributed by atoms with Gasteiger partial charge in [-0.05, 0) is 36.4 Å². The Kier molecular flexibility index (Phi) is 4.21. The molecule has 0 spiro atoms. The number of nitro benzene ring substituents is 1. The second-order valence-electron chi connectivity index (χ2n) is 6.02. The van der Waals surface area contributed by atoms with Crippen LogP contribution in [0.5, 0.6) is 11.5 Å². The number of amides is 2. The summed E-state index contributed by atoms with van der Waals surface area (Å²) in [7, 11) is 0. The number of anilines is 2. The van der Waals surface area contributed by atoms with E-state index in [1.54, 1.807) is 36.4 Å². The molecule has 0 unspecified atom stereocenters. The smallest absolute Gasteiger partial charge is 0.270 e. The first kappa shape index (κ1) is 17.2. The first-order chi connectivity index (χ1) is 13.5. The summed E-state index contributed by atoms with van der Waals surface area (Å²) in [6.45, 7) is 0. The van der Waals surface area contributed by atoms with Crippen molar-refractivity contribution in [2.45, 2.75) is 0 Å². The molecule has 0 aromatic heterocycles. The van der Waals surface area contributed by atoms with E-state index in [1.165, 1.54) is 30.3 Å². The van der Waals surface area contributed by atoms with Crippen LogP contribution in [0.2, 0.25) is 0 Å². The fraction of sp³-hybridized carbons (Fsp3) is 0. The number of ether oxygens (including phenoxy) is 1. The van der Waals surface area contributed by atoms with Crippen LogP contribution in [0, 0.1) is 10.1 Å². The van der Waals surface area contributed by atoms with Gasteiger partial charge in [0.15, 0.2) is 5.75 Å². The maximum absolute atomic E-state index is 12.5. The summed E-state index contributed by atoms with van der Waals surface area (Å²) in [6, 6.07) is 17.1. The van der Waals surface area contributed by atoms with Gasteiger partial charge in [-0.2, -0.15) is 0 Å². The highest BCUT2D eigenvalue weighted by atomic mass is 16.6. The van der Waals surface area contributed by atoms with Gasteiger partial charge in [-0.15, -0.1) is 0 Å². The first-order valence-corrected chi connectivity index (χ1v) is 8.29. The third-order valence-electron chi connectivity index (χ3n) is 4.16. The summed E-state index contributed by atoms with van der Waals surface area (Å²) < 4.78 is 5.79. The Morgan fingerprint density at radius 3 is 2.64 bits per heavy atom. The standard InChI is InChI=1S/C20H13N3O5/c24-19(12-4-3-5-14(10-12)23(26)27)21-13-8-9-17-15(11-13)20(25)22-16-6-1-2-7-18(16)28-17/h1-11H,(H,21,24)(H,22,25). The molecule has 1 aliphatic rings. The molecule has 0 radical (unpaired) electrons. The number of hydrogen-bond donors (Lipinski definition) is 2. The Bertz CT molecular complexity index is 1130. The number of nitro groups is 1. The maximum Gasteiger partial charge on any atom is 0.270 e. The Hall–Kier alpha value is -4.20. The lowest BCUT2D eigenvalue weighted by atomic mass is 10.1. The van der Waals surface area contributed by atoms with Crippen LogP contribution in [0.25, 0.3) is 0 Å². The minimum absolute atomic E-state index is 0.136. The summed E-state index contributed by atoms with van der Waals surface area (Å²) in [4.78, 5) is 35.2. The topological polar surface area (TPSA) is 111 Å². The molecule has 8 nitrogen and oxygen atoms in total. The SMILES string of the molecule is O=C(Nc1ccc2c(c1)C(=O)Nc1ccccc1O2)c1cccc([N+](=O)[O-])c1. The van der Waals surface area contributed by atoms with Crippen molar-refractivity contribution >= 4 is 28.9 Å². The van der Waals surface area contributed by atoms with E-state index in [0.717, 1.165) is 0 Å². The largest absolute Gasteiger partial charge is 0.454 e. The zero-order chi connectivity index (χ0) is 19.7. The van der Waals surface area contributed by atoms with Crippen molar-refractivity contribution in [2.24, 2.45) is 0 Å². The highest BCUT2D eigenvalue weighted by Gasteiger charge is 2.21. The number of non-ortho nitro benzene ring substituents is 1. The number of carbonyl (C=O) groups excluding carboxylic acids is 2. The predicted molar refractivity (Wildman–Crippen MR) is 102 cm³/mol. The molecule has 2 amide bonds. The fourth-order valence-corrected chi connectivity index (χ4v) is 2.81. The van der Waals surface area contributed by atoms with E-state index in [2.05, 4.69) is 10.6 Å². The van der Waals surface area contributed by atoms with E-state index in [9.17, 15) is 19.7 Å². The molecule has 0 fully saturated rings.